The number of amides is 1. The van der Waals surface area contributed by atoms with Gasteiger partial charge in [0.1, 0.15) is 17.4 Å². The number of aryl methyl sites for hydroxylation is 1. The summed E-state index contributed by atoms with van der Waals surface area (Å²) in [6.45, 7) is 7.27. The van der Waals surface area contributed by atoms with Gasteiger partial charge in [0.15, 0.2) is 11.0 Å². The minimum absolute atomic E-state index is 0.152. The van der Waals surface area contributed by atoms with Gasteiger partial charge in [-0.25, -0.2) is 4.79 Å². The number of hydrogen-bond acceptors (Lipinski definition) is 8. The van der Waals surface area contributed by atoms with Crippen LogP contribution in [0.15, 0.2) is 29.4 Å². The largest absolute Gasteiger partial charge is 0.486 e. The van der Waals surface area contributed by atoms with Gasteiger partial charge in [0.2, 0.25) is 5.91 Å². The van der Waals surface area contributed by atoms with Gasteiger partial charge >= 0.3 is 5.97 Å². The number of methoxy groups -OCH3 is 1. The lowest BCUT2D eigenvalue weighted by Gasteiger charge is -2.10. The number of thioether (sulfide) groups is 1. The number of nitrogens with one attached hydrogen (secondary N) is 1. The van der Waals surface area contributed by atoms with Gasteiger partial charge in [-0.05, 0) is 55.4 Å². The number of aromatic nitrogens is 3. The summed E-state index contributed by atoms with van der Waals surface area (Å²) in [5.74, 6) is 1.50. The Hall–Kier alpha value is -2.85. The van der Waals surface area contributed by atoms with E-state index in [2.05, 4.69) is 41.5 Å². The summed E-state index contributed by atoms with van der Waals surface area (Å²) < 4.78 is 12.8. The van der Waals surface area contributed by atoms with E-state index in [9.17, 15) is 9.59 Å². The fourth-order valence-electron chi connectivity index (χ4n) is 4.05. The molecule has 4 rings (SSSR count). The van der Waals surface area contributed by atoms with Gasteiger partial charge in [0, 0.05) is 11.4 Å². The van der Waals surface area contributed by atoms with E-state index in [0.29, 0.717) is 34.0 Å². The molecule has 0 saturated heterocycles. The molecular formula is C25H30N4O4S2. The predicted octanol–water partition coefficient (Wildman–Crippen LogP) is 5.07. The quantitative estimate of drug-likeness (QED) is 0.298. The van der Waals surface area contributed by atoms with Crippen molar-refractivity contribution in [1.82, 2.24) is 14.8 Å². The van der Waals surface area contributed by atoms with Crippen LogP contribution in [0.1, 0.15) is 65.3 Å². The van der Waals surface area contributed by atoms with Crippen molar-refractivity contribution in [3.05, 3.63) is 51.7 Å². The number of anilines is 1. The smallest absolute Gasteiger partial charge is 0.341 e. The molecular weight excluding hydrogens is 484 g/mol. The highest BCUT2D eigenvalue weighted by molar-refractivity contribution is 7.99. The third-order valence-electron chi connectivity index (χ3n) is 5.92. The van der Waals surface area contributed by atoms with Crippen LogP contribution >= 0.6 is 23.1 Å². The van der Waals surface area contributed by atoms with Gasteiger partial charge < -0.3 is 19.4 Å². The molecule has 1 amide bonds. The van der Waals surface area contributed by atoms with Crippen LogP contribution in [0.4, 0.5) is 5.00 Å². The van der Waals surface area contributed by atoms with Crippen molar-refractivity contribution in [3.8, 4) is 5.75 Å². The number of rotatable bonds is 10. The first kappa shape index (κ1) is 25.2. The minimum atomic E-state index is -0.401. The van der Waals surface area contributed by atoms with Crippen LogP contribution in [0.3, 0.4) is 0 Å². The van der Waals surface area contributed by atoms with Gasteiger partial charge in [-0.3, -0.25) is 4.79 Å². The molecule has 0 radical (unpaired) electrons. The first-order chi connectivity index (χ1) is 16.9. The number of ether oxygens (including phenoxy) is 2. The first-order valence-electron chi connectivity index (χ1n) is 11.7. The Morgan fingerprint density at radius 1 is 1.20 bits per heavy atom. The van der Waals surface area contributed by atoms with Crippen molar-refractivity contribution in [2.24, 2.45) is 0 Å². The normalized spacial score (nSPS) is 12.6. The average molecular weight is 515 g/mol. The third kappa shape index (κ3) is 5.70. The molecule has 186 valence electrons. The first-order valence-corrected chi connectivity index (χ1v) is 13.5. The molecule has 0 saturated carbocycles. The molecule has 1 aromatic carbocycles. The average Bonchev–Trinajstić information content (AvgIpc) is 3.55. The second-order valence-electron chi connectivity index (χ2n) is 8.55. The van der Waals surface area contributed by atoms with Gasteiger partial charge in [-0.15, -0.1) is 21.5 Å². The predicted molar refractivity (Wildman–Crippen MR) is 138 cm³/mol. The summed E-state index contributed by atoms with van der Waals surface area (Å²) in [4.78, 5) is 26.2. The van der Waals surface area contributed by atoms with E-state index in [-0.39, 0.29) is 18.3 Å². The van der Waals surface area contributed by atoms with Crippen molar-refractivity contribution in [2.45, 2.75) is 64.3 Å². The van der Waals surface area contributed by atoms with Crippen LogP contribution in [0, 0.1) is 0 Å². The number of fused-ring (bicyclic) bond motifs is 1. The maximum Gasteiger partial charge on any atom is 0.341 e. The van der Waals surface area contributed by atoms with Crippen LogP contribution in [-0.4, -0.2) is 39.5 Å². The van der Waals surface area contributed by atoms with Crippen molar-refractivity contribution in [2.75, 3.05) is 18.2 Å². The number of hydrogen-bond donors (Lipinski definition) is 1. The lowest BCUT2D eigenvalue weighted by molar-refractivity contribution is -0.113. The Balaban J connectivity index is 1.36. The number of carbonyl (C=O) groups excluding carboxylic acids is 2. The Morgan fingerprint density at radius 2 is 1.97 bits per heavy atom. The molecule has 8 nitrogen and oxygen atoms in total. The van der Waals surface area contributed by atoms with E-state index >= 15 is 0 Å². The van der Waals surface area contributed by atoms with Crippen molar-refractivity contribution in [1.29, 1.82) is 0 Å². The topological polar surface area (TPSA) is 95.3 Å². The van der Waals surface area contributed by atoms with Crippen LogP contribution in [-0.2, 0) is 35.5 Å². The highest BCUT2D eigenvalue weighted by Crippen LogP contribution is 2.39. The van der Waals surface area contributed by atoms with E-state index in [1.165, 1.54) is 35.8 Å². The summed E-state index contributed by atoms with van der Waals surface area (Å²) in [5.41, 5.74) is 2.77. The molecule has 0 fully saturated rings. The molecule has 0 bridgehead atoms. The molecule has 1 aliphatic carbocycles. The van der Waals surface area contributed by atoms with Crippen LogP contribution in [0.2, 0.25) is 0 Å². The van der Waals surface area contributed by atoms with Gasteiger partial charge in [-0.2, -0.15) is 0 Å². The fourth-order valence-corrected chi connectivity index (χ4v) is 6.16. The highest BCUT2D eigenvalue weighted by Gasteiger charge is 2.28. The van der Waals surface area contributed by atoms with Crippen molar-refractivity contribution in [3.63, 3.8) is 0 Å². The van der Waals surface area contributed by atoms with Gasteiger partial charge in [-0.1, -0.05) is 37.7 Å². The van der Waals surface area contributed by atoms with E-state index < -0.39 is 5.97 Å². The zero-order valence-corrected chi connectivity index (χ0v) is 22.1. The molecule has 0 atom stereocenters. The molecule has 0 spiro atoms. The van der Waals surface area contributed by atoms with Crippen molar-refractivity contribution < 1.29 is 19.1 Å². The van der Waals surface area contributed by atoms with Crippen molar-refractivity contribution >= 4 is 40.0 Å². The molecule has 2 aromatic heterocycles. The number of thiophene rings is 1. The zero-order chi connectivity index (χ0) is 24.9. The molecule has 1 aliphatic rings. The second-order valence-corrected chi connectivity index (χ2v) is 10.6. The molecule has 3 aromatic rings. The Kier molecular flexibility index (Phi) is 8.12. The molecule has 35 heavy (non-hydrogen) atoms. The zero-order valence-electron chi connectivity index (χ0n) is 20.4. The maximum atomic E-state index is 12.7. The number of esters is 1. The summed E-state index contributed by atoms with van der Waals surface area (Å²) in [5, 5.41) is 12.7. The lowest BCUT2D eigenvalue weighted by atomic mass is 10.0. The summed E-state index contributed by atoms with van der Waals surface area (Å²) in [6, 6.07) is 8.06. The number of nitrogens with zero attached hydrogens (tertiary/aromatic N) is 3. The fraction of sp³-hybridized carbons (Fsp3) is 0.440. The Labute approximate surface area is 213 Å². The summed E-state index contributed by atoms with van der Waals surface area (Å²) in [7, 11) is 1.36. The third-order valence-corrected chi connectivity index (χ3v) is 8.09. The highest BCUT2D eigenvalue weighted by atomic mass is 32.2. The number of carbonyl (C=O) groups is 2. The van der Waals surface area contributed by atoms with E-state index in [1.807, 2.05) is 23.6 Å². The Morgan fingerprint density at radius 3 is 2.66 bits per heavy atom. The Bertz CT molecular complexity index is 1200. The summed E-state index contributed by atoms with van der Waals surface area (Å²) >= 11 is 2.78. The molecule has 10 heteroatoms. The van der Waals surface area contributed by atoms with Gasteiger partial charge in [0.05, 0.1) is 18.4 Å². The molecule has 2 heterocycles. The second kappa shape index (κ2) is 11.3. The molecule has 1 N–H and O–H groups in total. The number of benzene rings is 1. The van der Waals surface area contributed by atoms with Crippen LogP contribution in [0.5, 0.6) is 5.75 Å². The molecule has 0 unspecified atom stereocenters. The maximum absolute atomic E-state index is 12.7. The van der Waals surface area contributed by atoms with Crippen LogP contribution < -0.4 is 10.1 Å². The van der Waals surface area contributed by atoms with Gasteiger partial charge in [0.25, 0.3) is 0 Å². The monoisotopic (exact) mass is 514 g/mol. The van der Waals surface area contributed by atoms with E-state index in [0.717, 1.165) is 35.5 Å². The minimum Gasteiger partial charge on any atom is -0.486 e. The SMILES string of the molecule is CCn1c(COc2ccc(C(C)C)cc2)nnc1SCC(=O)Nc1sc2c(c1C(=O)OC)CCC2. The standard InChI is InChI=1S/C25H30N4O4S2/c1-5-29-20(13-33-17-11-9-16(10-12-17)15(2)3)27-28-25(29)34-14-21(30)26-23-22(24(31)32-4)18-7-6-8-19(18)35-23/h9-12,15H,5-8,13-14H2,1-4H3,(H,26,30). The molecule has 0 aliphatic heterocycles. The van der Waals surface area contributed by atoms with Crippen LogP contribution in [0.25, 0.3) is 0 Å². The lowest BCUT2D eigenvalue weighted by Crippen LogP contribution is -2.17. The summed E-state index contributed by atoms with van der Waals surface area (Å²) in [6.07, 6.45) is 2.80. The van der Waals surface area contributed by atoms with E-state index in [4.69, 9.17) is 9.47 Å². The van der Waals surface area contributed by atoms with E-state index in [1.54, 1.807) is 0 Å².